The summed E-state index contributed by atoms with van der Waals surface area (Å²) in [5.74, 6) is 0. The maximum atomic E-state index is 11.9. The van der Waals surface area contributed by atoms with Crippen molar-refractivity contribution in [2.45, 2.75) is 18.0 Å². The molecule has 0 amide bonds. The van der Waals surface area contributed by atoms with Gasteiger partial charge in [0.2, 0.25) is 0 Å². The molecule has 0 saturated carbocycles. The molecule has 2 aromatic rings. The van der Waals surface area contributed by atoms with Gasteiger partial charge < -0.3 is 5.73 Å². The summed E-state index contributed by atoms with van der Waals surface area (Å²) in [5.41, 5.74) is 7.08. The van der Waals surface area contributed by atoms with E-state index in [0.29, 0.717) is 5.69 Å². The molecule has 0 fully saturated rings. The van der Waals surface area contributed by atoms with E-state index in [2.05, 4.69) is 14.9 Å². The van der Waals surface area contributed by atoms with Crippen LogP contribution in [0, 0.1) is 0 Å². The van der Waals surface area contributed by atoms with Crippen LogP contribution >= 0.6 is 0 Å². The fraction of sp³-hybridized carbons (Fsp3) is 0.182. The van der Waals surface area contributed by atoms with E-state index >= 15 is 0 Å². The molecule has 2 rings (SSSR count). The number of nitrogens with one attached hydrogen (secondary N) is 2. The summed E-state index contributed by atoms with van der Waals surface area (Å²) in [5, 5.41) is 6.04. The summed E-state index contributed by atoms with van der Waals surface area (Å²) in [6.07, 6.45) is 1.38. The molecule has 4 N–H and O–H groups in total. The van der Waals surface area contributed by atoms with Crippen molar-refractivity contribution >= 4 is 15.7 Å². The van der Waals surface area contributed by atoms with Gasteiger partial charge in [-0.15, -0.1) is 0 Å². The van der Waals surface area contributed by atoms with Gasteiger partial charge in [-0.25, -0.2) is 0 Å². The van der Waals surface area contributed by atoms with Crippen molar-refractivity contribution in [3.05, 3.63) is 42.1 Å². The first kappa shape index (κ1) is 12.6. The van der Waals surface area contributed by atoms with Crippen molar-refractivity contribution in [1.29, 1.82) is 0 Å². The van der Waals surface area contributed by atoms with Gasteiger partial charge in [-0.2, -0.15) is 13.5 Å². The molecule has 0 saturated heterocycles. The quantitative estimate of drug-likeness (QED) is 0.774. The summed E-state index contributed by atoms with van der Waals surface area (Å²) >= 11 is 0. The van der Waals surface area contributed by atoms with Gasteiger partial charge in [-0.1, -0.05) is 12.1 Å². The largest absolute Gasteiger partial charge is 0.324 e. The smallest absolute Gasteiger partial charge is 0.278 e. The number of sulfonamides is 1. The fourth-order valence-electron chi connectivity index (χ4n) is 1.49. The van der Waals surface area contributed by atoms with Crippen LogP contribution < -0.4 is 10.5 Å². The summed E-state index contributed by atoms with van der Waals surface area (Å²) in [6, 6.07) is 8.21. The van der Waals surface area contributed by atoms with Crippen LogP contribution in [0.4, 0.5) is 5.69 Å². The van der Waals surface area contributed by atoms with Gasteiger partial charge >= 0.3 is 0 Å². The zero-order chi connectivity index (χ0) is 13.2. The Hall–Kier alpha value is -1.86. The van der Waals surface area contributed by atoms with Crippen LogP contribution in [0.5, 0.6) is 0 Å². The van der Waals surface area contributed by atoms with Crippen LogP contribution in [0.2, 0.25) is 0 Å². The van der Waals surface area contributed by atoms with Gasteiger partial charge in [0, 0.05) is 11.7 Å². The second-order valence-corrected chi connectivity index (χ2v) is 5.59. The average molecular weight is 266 g/mol. The number of rotatable bonds is 4. The Kier molecular flexibility index (Phi) is 3.35. The number of aromatic amines is 1. The van der Waals surface area contributed by atoms with Crippen molar-refractivity contribution < 1.29 is 8.42 Å². The Morgan fingerprint density at radius 3 is 2.78 bits per heavy atom. The van der Waals surface area contributed by atoms with Crippen LogP contribution in [0.15, 0.2) is 41.6 Å². The molecule has 18 heavy (non-hydrogen) atoms. The van der Waals surface area contributed by atoms with Crippen LogP contribution in [-0.2, 0) is 10.0 Å². The molecule has 0 spiro atoms. The molecule has 1 unspecified atom stereocenters. The standard InChI is InChI=1S/C11H14N4O2S/c1-8(12)9-3-2-4-10(7-9)15-18(16,17)11-5-6-13-14-11/h2-8,15H,12H2,1H3,(H,13,14). The Labute approximate surface area is 105 Å². The molecule has 0 aliphatic carbocycles. The lowest BCUT2D eigenvalue weighted by molar-refractivity contribution is 0.597. The molecule has 0 radical (unpaired) electrons. The topological polar surface area (TPSA) is 101 Å². The fourth-order valence-corrected chi connectivity index (χ4v) is 2.45. The maximum Gasteiger partial charge on any atom is 0.278 e. The van der Waals surface area contributed by atoms with Crippen molar-refractivity contribution in [3.8, 4) is 0 Å². The number of H-pyrrole nitrogens is 1. The molecular formula is C11H14N4O2S. The van der Waals surface area contributed by atoms with Crippen molar-refractivity contribution in [2.24, 2.45) is 5.73 Å². The zero-order valence-electron chi connectivity index (χ0n) is 9.79. The third kappa shape index (κ3) is 2.69. The Bertz CT molecular complexity index is 620. The van der Waals surface area contributed by atoms with Crippen molar-refractivity contribution in [3.63, 3.8) is 0 Å². The Morgan fingerprint density at radius 2 is 2.17 bits per heavy atom. The number of nitrogens with two attached hydrogens (primary N) is 1. The van der Waals surface area contributed by atoms with E-state index in [9.17, 15) is 8.42 Å². The highest BCUT2D eigenvalue weighted by Gasteiger charge is 2.15. The number of hydrogen-bond donors (Lipinski definition) is 3. The summed E-state index contributed by atoms with van der Waals surface area (Å²) in [6.45, 7) is 1.84. The van der Waals surface area contributed by atoms with E-state index in [1.807, 2.05) is 13.0 Å². The third-order valence-electron chi connectivity index (χ3n) is 2.43. The number of aromatic nitrogens is 2. The predicted molar refractivity (Wildman–Crippen MR) is 68.4 cm³/mol. The monoisotopic (exact) mass is 266 g/mol. The number of nitrogens with zero attached hydrogens (tertiary/aromatic N) is 1. The minimum Gasteiger partial charge on any atom is -0.324 e. The van der Waals surface area contributed by atoms with Crippen LogP contribution in [0.25, 0.3) is 0 Å². The molecule has 1 aromatic heterocycles. The summed E-state index contributed by atoms with van der Waals surface area (Å²) in [4.78, 5) is 0. The SMILES string of the molecule is CC(N)c1cccc(NS(=O)(=O)c2ccn[nH]2)c1. The number of hydrogen-bond acceptors (Lipinski definition) is 4. The average Bonchev–Trinajstić information content (AvgIpc) is 2.82. The Balaban J connectivity index is 2.27. The van der Waals surface area contributed by atoms with Crippen molar-refractivity contribution in [1.82, 2.24) is 10.2 Å². The first-order chi connectivity index (χ1) is 8.49. The Morgan fingerprint density at radius 1 is 1.39 bits per heavy atom. The van der Waals surface area contributed by atoms with Gasteiger partial charge in [-0.3, -0.25) is 9.82 Å². The number of anilines is 1. The van der Waals surface area contributed by atoms with E-state index < -0.39 is 10.0 Å². The lowest BCUT2D eigenvalue weighted by atomic mass is 10.1. The van der Waals surface area contributed by atoms with Crippen molar-refractivity contribution in [2.75, 3.05) is 4.72 Å². The summed E-state index contributed by atoms with van der Waals surface area (Å²) < 4.78 is 26.3. The van der Waals surface area contributed by atoms with Crippen LogP contribution in [0.3, 0.4) is 0 Å². The first-order valence-corrected chi connectivity index (χ1v) is 6.85. The van der Waals surface area contributed by atoms with E-state index in [-0.39, 0.29) is 11.1 Å². The third-order valence-corrected chi connectivity index (χ3v) is 3.74. The van der Waals surface area contributed by atoms with Gasteiger partial charge in [-0.05, 0) is 30.7 Å². The maximum absolute atomic E-state index is 11.9. The van der Waals surface area contributed by atoms with E-state index in [4.69, 9.17) is 5.73 Å². The molecule has 0 bridgehead atoms. The molecule has 7 heteroatoms. The molecule has 6 nitrogen and oxygen atoms in total. The molecule has 0 aliphatic heterocycles. The van der Waals surface area contributed by atoms with E-state index in [0.717, 1.165) is 5.56 Å². The lowest BCUT2D eigenvalue weighted by Gasteiger charge is -2.10. The molecule has 1 aromatic carbocycles. The van der Waals surface area contributed by atoms with E-state index in [1.54, 1.807) is 18.2 Å². The second kappa shape index (κ2) is 4.79. The lowest BCUT2D eigenvalue weighted by Crippen LogP contribution is -2.14. The highest BCUT2D eigenvalue weighted by atomic mass is 32.2. The van der Waals surface area contributed by atoms with Crippen LogP contribution in [0.1, 0.15) is 18.5 Å². The highest BCUT2D eigenvalue weighted by molar-refractivity contribution is 7.92. The van der Waals surface area contributed by atoms with Gasteiger partial charge in [0.25, 0.3) is 10.0 Å². The minimum atomic E-state index is -3.62. The molecular weight excluding hydrogens is 252 g/mol. The van der Waals surface area contributed by atoms with Gasteiger partial charge in [0.15, 0.2) is 5.03 Å². The normalized spacial score (nSPS) is 13.2. The zero-order valence-corrected chi connectivity index (χ0v) is 10.6. The highest BCUT2D eigenvalue weighted by Crippen LogP contribution is 2.18. The summed E-state index contributed by atoms with van der Waals surface area (Å²) in [7, 11) is -3.62. The second-order valence-electron chi connectivity index (χ2n) is 3.94. The molecule has 1 heterocycles. The van der Waals surface area contributed by atoms with Gasteiger partial charge in [0.1, 0.15) is 0 Å². The van der Waals surface area contributed by atoms with Gasteiger partial charge in [0.05, 0.1) is 6.20 Å². The molecule has 0 aliphatic rings. The molecule has 96 valence electrons. The number of benzene rings is 1. The first-order valence-electron chi connectivity index (χ1n) is 5.37. The van der Waals surface area contributed by atoms with Crippen LogP contribution in [-0.4, -0.2) is 18.6 Å². The van der Waals surface area contributed by atoms with E-state index in [1.165, 1.54) is 12.3 Å². The minimum absolute atomic E-state index is 0.0219. The predicted octanol–water partition coefficient (Wildman–Crippen LogP) is 1.23. The molecule has 1 atom stereocenters.